The van der Waals surface area contributed by atoms with Crippen molar-refractivity contribution in [2.75, 3.05) is 18.5 Å². The number of nitrogens with zero attached hydrogens (tertiary/aromatic N) is 3. The Hall–Kier alpha value is -3.08. The van der Waals surface area contributed by atoms with Crippen LogP contribution in [0.5, 0.6) is 0 Å². The Balaban J connectivity index is 1.90. The lowest BCUT2D eigenvalue weighted by molar-refractivity contribution is 0.0697. The molecule has 0 spiro atoms. The van der Waals surface area contributed by atoms with Crippen LogP contribution in [0.15, 0.2) is 66.9 Å². The maximum absolute atomic E-state index is 11.6. The lowest BCUT2D eigenvalue weighted by Crippen LogP contribution is -2.25. The van der Waals surface area contributed by atoms with Crippen molar-refractivity contribution in [3.63, 3.8) is 0 Å². The van der Waals surface area contributed by atoms with E-state index in [1.165, 1.54) is 11.8 Å². The maximum atomic E-state index is 11.6. The Morgan fingerprint density at radius 1 is 1.08 bits per heavy atom. The lowest BCUT2D eigenvalue weighted by atomic mass is 10.1. The number of rotatable bonds is 6. The topological polar surface area (TPSA) is 58.4 Å². The fourth-order valence-electron chi connectivity index (χ4n) is 2.67. The van der Waals surface area contributed by atoms with Gasteiger partial charge < -0.3 is 10.0 Å². The molecule has 122 valence electrons. The van der Waals surface area contributed by atoms with Gasteiger partial charge in [-0.2, -0.15) is 5.10 Å². The van der Waals surface area contributed by atoms with Gasteiger partial charge in [-0.25, -0.2) is 9.48 Å². The van der Waals surface area contributed by atoms with Gasteiger partial charge in [-0.05, 0) is 24.1 Å². The Kier molecular flexibility index (Phi) is 4.61. The highest BCUT2D eigenvalue weighted by Gasteiger charge is 2.21. The van der Waals surface area contributed by atoms with E-state index in [-0.39, 0.29) is 5.56 Å². The highest BCUT2D eigenvalue weighted by molar-refractivity contribution is 5.93. The molecule has 24 heavy (non-hydrogen) atoms. The van der Waals surface area contributed by atoms with E-state index in [0.29, 0.717) is 12.4 Å². The molecule has 0 amide bonds. The first kappa shape index (κ1) is 15.8. The molecular formula is C19H19N3O2. The third-order valence-electron chi connectivity index (χ3n) is 3.92. The molecule has 0 radical (unpaired) electrons. The summed E-state index contributed by atoms with van der Waals surface area (Å²) in [6.07, 6.45) is 2.24. The first-order valence-electron chi connectivity index (χ1n) is 7.78. The van der Waals surface area contributed by atoms with Gasteiger partial charge in [0.1, 0.15) is 11.4 Å². The molecule has 0 saturated carbocycles. The number of para-hydroxylation sites is 1. The third kappa shape index (κ3) is 3.30. The normalized spacial score (nSPS) is 10.5. The molecule has 0 fully saturated rings. The van der Waals surface area contributed by atoms with Crippen molar-refractivity contribution in [1.29, 1.82) is 0 Å². The molecule has 1 N–H and O–H groups in total. The Morgan fingerprint density at radius 3 is 2.33 bits per heavy atom. The van der Waals surface area contributed by atoms with Crippen molar-refractivity contribution in [3.8, 4) is 5.69 Å². The number of hydrogen-bond acceptors (Lipinski definition) is 3. The van der Waals surface area contributed by atoms with Crippen LogP contribution in [0.2, 0.25) is 0 Å². The van der Waals surface area contributed by atoms with Gasteiger partial charge in [0.25, 0.3) is 0 Å². The average Bonchev–Trinajstić information content (AvgIpc) is 3.07. The predicted molar refractivity (Wildman–Crippen MR) is 93.9 cm³/mol. The maximum Gasteiger partial charge on any atom is 0.341 e. The fourth-order valence-corrected chi connectivity index (χ4v) is 2.67. The van der Waals surface area contributed by atoms with Crippen LogP contribution < -0.4 is 4.90 Å². The molecule has 3 aromatic rings. The Morgan fingerprint density at radius 2 is 1.71 bits per heavy atom. The van der Waals surface area contributed by atoms with Gasteiger partial charge in [-0.1, -0.05) is 48.5 Å². The zero-order valence-corrected chi connectivity index (χ0v) is 13.5. The molecule has 0 unspecified atom stereocenters. The molecule has 0 aliphatic rings. The monoisotopic (exact) mass is 321 g/mol. The summed E-state index contributed by atoms with van der Waals surface area (Å²) in [5.41, 5.74) is 2.26. The van der Waals surface area contributed by atoms with E-state index in [9.17, 15) is 9.90 Å². The van der Waals surface area contributed by atoms with Gasteiger partial charge in [0.15, 0.2) is 0 Å². The van der Waals surface area contributed by atoms with Gasteiger partial charge in [0, 0.05) is 13.6 Å². The summed E-state index contributed by atoms with van der Waals surface area (Å²) >= 11 is 0. The lowest BCUT2D eigenvalue weighted by Gasteiger charge is -2.21. The third-order valence-corrected chi connectivity index (χ3v) is 3.92. The van der Waals surface area contributed by atoms with Crippen molar-refractivity contribution in [1.82, 2.24) is 9.78 Å². The minimum absolute atomic E-state index is 0.203. The molecule has 5 nitrogen and oxygen atoms in total. The SMILES string of the molecule is CN(CCc1ccccc1)c1c(C(=O)O)cnn1-c1ccccc1. The second kappa shape index (κ2) is 7.00. The summed E-state index contributed by atoms with van der Waals surface area (Å²) in [6.45, 7) is 0.697. The van der Waals surface area contributed by atoms with Crippen LogP contribution >= 0.6 is 0 Å². The minimum atomic E-state index is -0.973. The highest BCUT2D eigenvalue weighted by Crippen LogP contribution is 2.23. The summed E-state index contributed by atoms with van der Waals surface area (Å²) in [7, 11) is 1.89. The quantitative estimate of drug-likeness (QED) is 0.757. The number of carboxylic acid groups (broad SMARTS) is 1. The van der Waals surface area contributed by atoms with Crippen LogP contribution in [-0.2, 0) is 6.42 Å². The average molecular weight is 321 g/mol. The molecule has 3 rings (SSSR count). The second-order valence-corrected chi connectivity index (χ2v) is 5.59. The summed E-state index contributed by atoms with van der Waals surface area (Å²) in [4.78, 5) is 13.5. The van der Waals surface area contributed by atoms with Crippen LogP contribution in [0, 0.1) is 0 Å². The Bertz CT molecular complexity index is 813. The zero-order chi connectivity index (χ0) is 16.9. The van der Waals surface area contributed by atoms with Gasteiger partial charge >= 0.3 is 5.97 Å². The van der Waals surface area contributed by atoms with Crippen LogP contribution in [0.3, 0.4) is 0 Å². The number of carbonyl (C=O) groups is 1. The summed E-state index contributed by atoms with van der Waals surface area (Å²) < 4.78 is 1.68. The first-order valence-corrected chi connectivity index (χ1v) is 7.78. The summed E-state index contributed by atoms with van der Waals surface area (Å²) in [5, 5.41) is 13.8. The van der Waals surface area contributed by atoms with E-state index < -0.39 is 5.97 Å². The number of anilines is 1. The minimum Gasteiger partial charge on any atom is -0.477 e. The fraction of sp³-hybridized carbons (Fsp3) is 0.158. The van der Waals surface area contributed by atoms with Crippen molar-refractivity contribution in [2.45, 2.75) is 6.42 Å². The van der Waals surface area contributed by atoms with E-state index >= 15 is 0 Å². The molecule has 5 heteroatoms. The summed E-state index contributed by atoms with van der Waals surface area (Å²) in [6, 6.07) is 19.7. The summed E-state index contributed by atoms with van der Waals surface area (Å²) in [5.74, 6) is -0.386. The molecule has 0 saturated heterocycles. The number of benzene rings is 2. The van der Waals surface area contributed by atoms with Crippen molar-refractivity contribution >= 4 is 11.8 Å². The number of hydrogen-bond donors (Lipinski definition) is 1. The van der Waals surface area contributed by atoms with Gasteiger partial charge in [0.05, 0.1) is 11.9 Å². The van der Waals surface area contributed by atoms with Gasteiger partial charge in [0.2, 0.25) is 0 Å². The molecular weight excluding hydrogens is 302 g/mol. The predicted octanol–water partition coefficient (Wildman–Crippen LogP) is 3.25. The van der Waals surface area contributed by atoms with Crippen LogP contribution in [0.4, 0.5) is 5.82 Å². The standard InChI is InChI=1S/C19H19N3O2/c1-21(13-12-15-8-4-2-5-9-15)18-17(19(23)24)14-20-22(18)16-10-6-3-7-11-16/h2-11,14H,12-13H2,1H3,(H,23,24). The molecule has 0 bridgehead atoms. The first-order chi connectivity index (χ1) is 11.7. The van der Waals surface area contributed by atoms with Crippen LogP contribution in [0.25, 0.3) is 5.69 Å². The van der Waals surface area contributed by atoms with E-state index in [2.05, 4.69) is 17.2 Å². The number of aromatic carboxylic acids is 1. The number of aromatic nitrogens is 2. The van der Waals surface area contributed by atoms with Crippen LogP contribution in [0.1, 0.15) is 15.9 Å². The zero-order valence-electron chi connectivity index (χ0n) is 13.5. The van der Waals surface area contributed by atoms with Crippen molar-refractivity contribution < 1.29 is 9.90 Å². The van der Waals surface area contributed by atoms with E-state index in [0.717, 1.165) is 12.1 Å². The molecule has 0 aliphatic heterocycles. The van der Waals surface area contributed by atoms with E-state index in [1.54, 1.807) is 4.68 Å². The molecule has 0 atom stereocenters. The van der Waals surface area contributed by atoms with Crippen molar-refractivity contribution in [2.24, 2.45) is 0 Å². The molecule has 2 aromatic carbocycles. The molecule has 1 aromatic heterocycles. The largest absolute Gasteiger partial charge is 0.477 e. The molecule has 0 aliphatic carbocycles. The van der Waals surface area contributed by atoms with E-state index in [1.807, 2.05) is 60.5 Å². The smallest absolute Gasteiger partial charge is 0.341 e. The van der Waals surface area contributed by atoms with Gasteiger partial charge in [-0.3, -0.25) is 0 Å². The van der Waals surface area contributed by atoms with E-state index in [4.69, 9.17) is 0 Å². The highest BCUT2D eigenvalue weighted by atomic mass is 16.4. The van der Waals surface area contributed by atoms with Gasteiger partial charge in [-0.15, -0.1) is 0 Å². The Labute approximate surface area is 140 Å². The van der Waals surface area contributed by atoms with Crippen LogP contribution in [-0.4, -0.2) is 34.4 Å². The second-order valence-electron chi connectivity index (χ2n) is 5.59. The number of carboxylic acids is 1. The molecule has 1 heterocycles. The van der Waals surface area contributed by atoms with Crippen molar-refractivity contribution in [3.05, 3.63) is 78.0 Å². The number of likely N-dealkylation sites (N-methyl/N-ethyl adjacent to an activating group) is 1.